The van der Waals surface area contributed by atoms with Gasteiger partial charge in [-0.05, 0) is 32.9 Å². The summed E-state index contributed by atoms with van der Waals surface area (Å²) < 4.78 is 0. The number of nitrogens with two attached hydrogens (primary N) is 1. The summed E-state index contributed by atoms with van der Waals surface area (Å²) in [4.78, 5) is 18.2. The summed E-state index contributed by atoms with van der Waals surface area (Å²) in [7, 11) is 0. The number of carboxylic acid groups (broad SMARTS) is 1. The van der Waals surface area contributed by atoms with Gasteiger partial charge in [-0.2, -0.15) is 0 Å². The van der Waals surface area contributed by atoms with Crippen molar-refractivity contribution in [2.75, 3.05) is 5.73 Å². The van der Waals surface area contributed by atoms with E-state index in [1.54, 1.807) is 32.0 Å². The zero-order chi connectivity index (χ0) is 15.3. The topological polar surface area (TPSA) is 89.1 Å². The molecule has 0 saturated carbocycles. The molecular weight excluding hydrogens is 278 g/mol. The highest BCUT2D eigenvalue weighted by Crippen LogP contribution is 2.18. The van der Waals surface area contributed by atoms with Crippen molar-refractivity contribution in [2.45, 2.75) is 20.8 Å². The van der Waals surface area contributed by atoms with Gasteiger partial charge in [0, 0.05) is 0 Å². The second-order valence-electron chi connectivity index (χ2n) is 4.23. The summed E-state index contributed by atoms with van der Waals surface area (Å²) in [5.41, 5.74) is 7.49. The number of aromatic carboxylic acids is 1. The normalized spacial score (nSPS) is 9.60. The molecule has 0 amide bonds. The van der Waals surface area contributed by atoms with Crippen LogP contribution in [-0.4, -0.2) is 21.0 Å². The fourth-order valence-corrected chi connectivity index (χ4v) is 1.59. The molecule has 1 aromatic heterocycles. The van der Waals surface area contributed by atoms with E-state index >= 15 is 0 Å². The third kappa shape index (κ3) is 4.51. The summed E-state index contributed by atoms with van der Waals surface area (Å²) in [5, 5.41) is 8.96. The lowest BCUT2D eigenvalue weighted by molar-refractivity contribution is 0.0697. The monoisotopic (exact) mass is 293 g/mol. The van der Waals surface area contributed by atoms with E-state index in [2.05, 4.69) is 9.97 Å². The van der Waals surface area contributed by atoms with Gasteiger partial charge >= 0.3 is 5.97 Å². The summed E-state index contributed by atoms with van der Waals surface area (Å²) in [6.07, 6.45) is 0. The Bertz CT molecular complexity index is 607. The number of carboxylic acids is 1. The van der Waals surface area contributed by atoms with Crippen molar-refractivity contribution in [3.63, 3.8) is 0 Å². The lowest BCUT2D eigenvalue weighted by Gasteiger charge is -2.00. The summed E-state index contributed by atoms with van der Waals surface area (Å²) in [5.74, 6) is 0.134. The summed E-state index contributed by atoms with van der Waals surface area (Å²) >= 11 is 5.70. The zero-order valence-electron chi connectivity index (χ0n) is 11.5. The van der Waals surface area contributed by atoms with Gasteiger partial charge in [-0.15, -0.1) is 0 Å². The van der Waals surface area contributed by atoms with E-state index in [0.29, 0.717) is 22.2 Å². The number of hydrogen-bond donors (Lipinski definition) is 2. The van der Waals surface area contributed by atoms with Crippen LogP contribution in [0.15, 0.2) is 24.3 Å². The molecule has 0 aliphatic rings. The third-order valence-electron chi connectivity index (χ3n) is 2.42. The number of nitrogens with zero attached hydrogens (tertiary/aromatic N) is 2. The SMILES string of the molecule is Cc1cccc(C(=O)O)c1.Cc1nc(C)c(Cl)c(N)n1. The van der Waals surface area contributed by atoms with Gasteiger partial charge in [-0.25, -0.2) is 14.8 Å². The van der Waals surface area contributed by atoms with Crippen molar-refractivity contribution in [1.29, 1.82) is 0 Å². The second-order valence-corrected chi connectivity index (χ2v) is 4.61. The first kappa shape index (κ1) is 15.9. The lowest BCUT2D eigenvalue weighted by Crippen LogP contribution is -1.98. The van der Waals surface area contributed by atoms with Crippen molar-refractivity contribution in [2.24, 2.45) is 0 Å². The fraction of sp³-hybridized carbons (Fsp3) is 0.214. The van der Waals surface area contributed by atoms with E-state index in [-0.39, 0.29) is 0 Å². The van der Waals surface area contributed by atoms with Crippen molar-refractivity contribution < 1.29 is 9.90 Å². The van der Waals surface area contributed by atoms with Crippen molar-refractivity contribution in [1.82, 2.24) is 9.97 Å². The molecule has 0 saturated heterocycles. The largest absolute Gasteiger partial charge is 0.478 e. The third-order valence-corrected chi connectivity index (χ3v) is 2.89. The molecular formula is C14H16ClN3O2. The molecule has 106 valence electrons. The van der Waals surface area contributed by atoms with E-state index in [4.69, 9.17) is 22.4 Å². The van der Waals surface area contributed by atoms with Gasteiger partial charge in [0.15, 0.2) is 0 Å². The van der Waals surface area contributed by atoms with Crippen LogP contribution in [0.3, 0.4) is 0 Å². The summed E-state index contributed by atoms with van der Waals surface area (Å²) in [6, 6.07) is 6.82. The maximum atomic E-state index is 10.4. The minimum Gasteiger partial charge on any atom is -0.478 e. The van der Waals surface area contributed by atoms with Gasteiger partial charge in [-0.1, -0.05) is 29.3 Å². The number of aromatic nitrogens is 2. The highest BCUT2D eigenvalue weighted by Gasteiger charge is 2.02. The highest BCUT2D eigenvalue weighted by atomic mass is 35.5. The predicted octanol–water partition coefficient (Wildman–Crippen LogP) is 3.02. The number of anilines is 1. The molecule has 3 N–H and O–H groups in total. The number of carbonyl (C=O) groups is 1. The number of aryl methyl sites for hydroxylation is 3. The molecule has 20 heavy (non-hydrogen) atoms. The van der Waals surface area contributed by atoms with Gasteiger partial charge in [0.05, 0.1) is 11.3 Å². The Morgan fingerprint density at radius 3 is 2.35 bits per heavy atom. The van der Waals surface area contributed by atoms with Crippen LogP contribution in [0.2, 0.25) is 5.02 Å². The maximum absolute atomic E-state index is 10.4. The van der Waals surface area contributed by atoms with E-state index in [1.165, 1.54) is 0 Å². The Morgan fingerprint density at radius 2 is 1.90 bits per heavy atom. The quantitative estimate of drug-likeness (QED) is 0.843. The fourth-order valence-electron chi connectivity index (χ4n) is 1.50. The van der Waals surface area contributed by atoms with Crippen molar-refractivity contribution in [3.8, 4) is 0 Å². The molecule has 6 heteroatoms. The van der Waals surface area contributed by atoms with Gasteiger partial charge in [-0.3, -0.25) is 0 Å². The van der Waals surface area contributed by atoms with Gasteiger partial charge < -0.3 is 10.8 Å². The smallest absolute Gasteiger partial charge is 0.335 e. The molecule has 0 fully saturated rings. The van der Waals surface area contributed by atoms with Crippen LogP contribution in [-0.2, 0) is 0 Å². The number of nitrogen functional groups attached to an aromatic ring is 1. The Hall–Kier alpha value is -2.14. The van der Waals surface area contributed by atoms with Crippen LogP contribution >= 0.6 is 11.6 Å². The number of halogens is 1. The predicted molar refractivity (Wildman–Crippen MR) is 79.1 cm³/mol. The molecule has 2 aromatic rings. The molecule has 0 bridgehead atoms. The van der Waals surface area contributed by atoms with E-state index in [0.717, 1.165) is 11.3 Å². The first-order valence-corrected chi connectivity index (χ1v) is 6.25. The van der Waals surface area contributed by atoms with Crippen LogP contribution in [0.1, 0.15) is 27.4 Å². The lowest BCUT2D eigenvalue weighted by atomic mass is 10.1. The van der Waals surface area contributed by atoms with E-state index < -0.39 is 5.97 Å². The minimum absolute atomic E-state index is 0.347. The Balaban J connectivity index is 0.000000200. The first-order chi connectivity index (χ1) is 9.31. The van der Waals surface area contributed by atoms with Crippen molar-refractivity contribution >= 4 is 23.4 Å². The Morgan fingerprint density at radius 1 is 1.25 bits per heavy atom. The molecule has 5 nitrogen and oxygen atoms in total. The van der Waals surface area contributed by atoms with Crippen molar-refractivity contribution in [3.05, 3.63) is 51.9 Å². The van der Waals surface area contributed by atoms with Gasteiger partial charge in [0.1, 0.15) is 16.7 Å². The second kappa shape index (κ2) is 6.86. The van der Waals surface area contributed by atoms with Crippen LogP contribution in [0.4, 0.5) is 5.82 Å². The molecule has 1 aromatic carbocycles. The minimum atomic E-state index is -0.872. The molecule has 0 spiro atoms. The van der Waals surface area contributed by atoms with Gasteiger partial charge in [0.2, 0.25) is 0 Å². The number of benzene rings is 1. The number of hydrogen-bond acceptors (Lipinski definition) is 4. The van der Waals surface area contributed by atoms with Crippen LogP contribution < -0.4 is 5.73 Å². The molecule has 0 radical (unpaired) electrons. The van der Waals surface area contributed by atoms with Crippen LogP contribution in [0.25, 0.3) is 0 Å². The number of rotatable bonds is 1. The Kier molecular flexibility index (Phi) is 5.46. The zero-order valence-corrected chi connectivity index (χ0v) is 12.3. The molecule has 0 unspecified atom stereocenters. The molecule has 1 heterocycles. The standard InChI is InChI=1S/C8H8O2.C6H8ClN3/c1-6-3-2-4-7(5-6)8(9)10;1-3-5(7)6(8)10-4(2)9-3/h2-5H,1H3,(H,9,10);1-2H3,(H2,8,9,10). The molecule has 0 atom stereocenters. The Labute approximate surface area is 122 Å². The van der Waals surface area contributed by atoms with E-state index in [9.17, 15) is 4.79 Å². The summed E-state index contributed by atoms with van der Waals surface area (Å²) in [6.45, 7) is 5.44. The van der Waals surface area contributed by atoms with Crippen LogP contribution in [0, 0.1) is 20.8 Å². The first-order valence-electron chi connectivity index (χ1n) is 5.87. The molecule has 2 rings (SSSR count). The van der Waals surface area contributed by atoms with E-state index in [1.807, 2.05) is 13.0 Å². The maximum Gasteiger partial charge on any atom is 0.335 e. The highest BCUT2D eigenvalue weighted by molar-refractivity contribution is 6.33. The van der Waals surface area contributed by atoms with Gasteiger partial charge in [0.25, 0.3) is 0 Å². The molecule has 0 aliphatic heterocycles. The van der Waals surface area contributed by atoms with Crippen LogP contribution in [0.5, 0.6) is 0 Å². The average Bonchev–Trinajstić information content (AvgIpc) is 2.36. The average molecular weight is 294 g/mol. The molecule has 0 aliphatic carbocycles.